The third-order valence-corrected chi connectivity index (χ3v) is 1.88. The van der Waals surface area contributed by atoms with Crippen LogP contribution in [0.1, 0.15) is 19.5 Å². The normalized spacial score (nSPS) is 9.78. The van der Waals surface area contributed by atoms with E-state index in [1.165, 1.54) is 0 Å². The van der Waals surface area contributed by atoms with Crippen molar-refractivity contribution >= 4 is 11.7 Å². The Morgan fingerprint density at radius 3 is 3.00 bits per heavy atom. The molecule has 0 spiro atoms. The Hall–Kier alpha value is -1.90. The summed E-state index contributed by atoms with van der Waals surface area (Å²) < 4.78 is 5.19. The van der Waals surface area contributed by atoms with E-state index in [4.69, 9.17) is 10.5 Å². The van der Waals surface area contributed by atoms with Crippen molar-refractivity contribution < 1.29 is 9.53 Å². The first-order valence-electron chi connectivity index (χ1n) is 5.69. The Morgan fingerprint density at radius 1 is 1.56 bits per heavy atom. The quantitative estimate of drug-likeness (QED) is 0.770. The molecule has 5 heteroatoms. The lowest BCUT2D eigenvalue weighted by Crippen LogP contribution is -2.21. The van der Waals surface area contributed by atoms with Gasteiger partial charge in [0.25, 0.3) is 5.91 Å². The molecule has 18 heavy (non-hydrogen) atoms. The van der Waals surface area contributed by atoms with Crippen molar-refractivity contribution in [3.63, 3.8) is 0 Å². The molecule has 0 aromatic carbocycles. The highest BCUT2D eigenvalue weighted by molar-refractivity contribution is 5.90. The molecule has 1 aromatic heterocycles. The van der Waals surface area contributed by atoms with Crippen LogP contribution in [0.4, 0.5) is 5.82 Å². The molecule has 1 amide bonds. The van der Waals surface area contributed by atoms with Gasteiger partial charge in [-0.2, -0.15) is 0 Å². The number of pyridine rings is 1. The zero-order chi connectivity index (χ0) is 13.4. The van der Waals surface area contributed by atoms with E-state index >= 15 is 0 Å². The average molecular weight is 247 g/mol. The van der Waals surface area contributed by atoms with Crippen molar-refractivity contribution in [3.8, 4) is 11.8 Å². The van der Waals surface area contributed by atoms with E-state index in [1.54, 1.807) is 18.2 Å². The number of amides is 1. The monoisotopic (exact) mass is 247 g/mol. The number of nitrogens with two attached hydrogens (primary N) is 1. The Labute approximate surface area is 107 Å². The number of hydrogen-bond donors (Lipinski definition) is 2. The summed E-state index contributed by atoms with van der Waals surface area (Å²) in [5.74, 6) is 5.72. The molecule has 96 valence electrons. The molecule has 0 aliphatic rings. The van der Waals surface area contributed by atoms with Crippen LogP contribution in [0.25, 0.3) is 0 Å². The van der Waals surface area contributed by atoms with Gasteiger partial charge in [0.2, 0.25) is 0 Å². The van der Waals surface area contributed by atoms with Gasteiger partial charge in [0.05, 0.1) is 12.6 Å². The first-order valence-corrected chi connectivity index (χ1v) is 5.69. The highest BCUT2D eigenvalue weighted by Gasteiger charge is 2.04. The van der Waals surface area contributed by atoms with E-state index < -0.39 is 0 Å². The van der Waals surface area contributed by atoms with E-state index in [-0.39, 0.29) is 25.2 Å². The molecular formula is C13H17N3O2. The zero-order valence-electron chi connectivity index (χ0n) is 10.6. The van der Waals surface area contributed by atoms with Gasteiger partial charge in [0, 0.05) is 0 Å². The number of anilines is 1. The summed E-state index contributed by atoms with van der Waals surface area (Å²) in [6.07, 6.45) is 0.0189. The molecule has 5 nitrogen and oxygen atoms in total. The Morgan fingerprint density at radius 2 is 2.33 bits per heavy atom. The number of hydrogen-bond acceptors (Lipinski definition) is 4. The fourth-order valence-corrected chi connectivity index (χ4v) is 1.14. The van der Waals surface area contributed by atoms with Crippen LogP contribution in [0.5, 0.6) is 0 Å². The minimum absolute atomic E-state index is 0.0120. The van der Waals surface area contributed by atoms with Gasteiger partial charge in [0.15, 0.2) is 0 Å². The van der Waals surface area contributed by atoms with E-state index in [9.17, 15) is 4.79 Å². The second-order valence-corrected chi connectivity index (χ2v) is 3.82. The van der Waals surface area contributed by atoms with Crippen LogP contribution in [0.2, 0.25) is 0 Å². The second-order valence-electron chi connectivity index (χ2n) is 3.82. The third-order valence-electron chi connectivity index (χ3n) is 1.88. The lowest BCUT2D eigenvalue weighted by Gasteiger charge is -2.07. The van der Waals surface area contributed by atoms with Crippen molar-refractivity contribution in [3.05, 3.63) is 23.9 Å². The number of aromatic nitrogens is 1. The van der Waals surface area contributed by atoms with Gasteiger partial charge in [-0.1, -0.05) is 12.0 Å². The summed E-state index contributed by atoms with van der Waals surface area (Å²) >= 11 is 0. The average Bonchev–Trinajstić information content (AvgIpc) is 2.34. The maximum Gasteiger partial charge on any atom is 0.251 e. The fraction of sp³-hybridized carbons (Fsp3) is 0.385. The van der Waals surface area contributed by atoms with Crippen LogP contribution in [0.15, 0.2) is 18.2 Å². The highest BCUT2D eigenvalue weighted by atomic mass is 16.5. The number of carbonyl (C=O) groups excluding carboxylic acids is 1. The topological polar surface area (TPSA) is 77.2 Å². The SMILES string of the molecule is CC(C)OCC(=O)Nc1cccc(C#CCN)n1. The van der Waals surface area contributed by atoms with Gasteiger partial charge in [-0.05, 0) is 31.9 Å². The standard InChI is InChI=1S/C13H17N3O2/c1-10(2)18-9-13(17)16-12-7-3-5-11(15-12)6-4-8-14/h3,5,7,10H,8-9,14H2,1-2H3,(H,15,16,17). The summed E-state index contributed by atoms with van der Waals surface area (Å²) in [5.41, 5.74) is 5.85. The summed E-state index contributed by atoms with van der Waals surface area (Å²) in [6, 6.07) is 5.22. The molecule has 1 heterocycles. The minimum atomic E-state index is -0.236. The van der Waals surface area contributed by atoms with Gasteiger partial charge >= 0.3 is 0 Å². The summed E-state index contributed by atoms with van der Waals surface area (Å²) in [5, 5.41) is 2.64. The van der Waals surface area contributed by atoms with E-state index in [1.807, 2.05) is 13.8 Å². The number of nitrogens with zero attached hydrogens (tertiary/aromatic N) is 1. The third kappa shape index (κ3) is 5.43. The maximum atomic E-state index is 11.5. The molecule has 0 saturated heterocycles. The van der Waals surface area contributed by atoms with Crippen molar-refractivity contribution in [1.29, 1.82) is 0 Å². The maximum absolute atomic E-state index is 11.5. The Kier molecular flexibility index (Phi) is 5.85. The predicted octanol–water partition coefficient (Wildman–Crippen LogP) is 0.755. The number of rotatable bonds is 4. The molecule has 0 atom stereocenters. The van der Waals surface area contributed by atoms with Crippen molar-refractivity contribution in [1.82, 2.24) is 4.98 Å². The van der Waals surface area contributed by atoms with Crippen molar-refractivity contribution in [2.24, 2.45) is 5.73 Å². The molecule has 0 bridgehead atoms. The molecule has 0 saturated carbocycles. The van der Waals surface area contributed by atoms with E-state index in [2.05, 4.69) is 22.1 Å². The first-order chi connectivity index (χ1) is 8.61. The van der Waals surface area contributed by atoms with Crippen LogP contribution in [0.3, 0.4) is 0 Å². The molecular weight excluding hydrogens is 230 g/mol. The largest absolute Gasteiger partial charge is 0.369 e. The fourth-order valence-electron chi connectivity index (χ4n) is 1.14. The molecule has 0 aliphatic carbocycles. The van der Waals surface area contributed by atoms with Crippen LogP contribution < -0.4 is 11.1 Å². The second kappa shape index (κ2) is 7.43. The van der Waals surface area contributed by atoms with E-state index in [0.29, 0.717) is 11.5 Å². The van der Waals surface area contributed by atoms with Gasteiger partial charge in [-0.15, -0.1) is 0 Å². The van der Waals surface area contributed by atoms with Crippen LogP contribution >= 0.6 is 0 Å². The summed E-state index contributed by atoms with van der Waals surface area (Å²) in [4.78, 5) is 15.7. The van der Waals surface area contributed by atoms with Gasteiger partial charge in [-0.3, -0.25) is 4.79 Å². The minimum Gasteiger partial charge on any atom is -0.369 e. The number of carbonyl (C=O) groups is 1. The van der Waals surface area contributed by atoms with Crippen LogP contribution in [0, 0.1) is 11.8 Å². The lowest BCUT2D eigenvalue weighted by atomic mass is 10.3. The molecule has 0 unspecified atom stereocenters. The Bertz CT molecular complexity index is 461. The van der Waals surface area contributed by atoms with E-state index in [0.717, 1.165) is 0 Å². The predicted molar refractivity (Wildman–Crippen MR) is 69.9 cm³/mol. The van der Waals surface area contributed by atoms with Gasteiger partial charge < -0.3 is 15.8 Å². The smallest absolute Gasteiger partial charge is 0.251 e. The molecule has 1 rings (SSSR count). The number of nitrogens with one attached hydrogen (secondary N) is 1. The molecule has 0 fully saturated rings. The Balaban J connectivity index is 2.59. The van der Waals surface area contributed by atoms with Gasteiger partial charge in [0.1, 0.15) is 18.1 Å². The summed E-state index contributed by atoms with van der Waals surface area (Å²) in [7, 11) is 0. The first kappa shape index (κ1) is 14.2. The number of ether oxygens (including phenoxy) is 1. The highest BCUT2D eigenvalue weighted by Crippen LogP contribution is 2.04. The van der Waals surface area contributed by atoms with Crippen LogP contribution in [-0.2, 0) is 9.53 Å². The molecule has 0 aliphatic heterocycles. The zero-order valence-corrected chi connectivity index (χ0v) is 10.6. The van der Waals surface area contributed by atoms with Crippen molar-refractivity contribution in [2.45, 2.75) is 20.0 Å². The van der Waals surface area contributed by atoms with Crippen LogP contribution in [-0.4, -0.2) is 30.1 Å². The molecule has 0 radical (unpaired) electrons. The van der Waals surface area contributed by atoms with Gasteiger partial charge in [-0.25, -0.2) is 4.98 Å². The molecule has 1 aromatic rings. The summed E-state index contributed by atoms with van der Waals surface area (Å²) in [6.45, 7) is 4.03. The van der Waals surface area contributed by atoms with Crippen molar-refractivity contribution in [2.75, 3.05) is 18.5 Å². The lowest BCUT2D eigenvalue weighted by molar-refractivity contribution is -0.121. The molecule has 3 N–H and O–H groups in total.